The third kappa shape index (κ3) is 5.06. The van der Waals surface area contributed by atoms with Crippen molar-refractivity contribution in [3.8, 4) is 0 Å². The van der Waals surface area contributed by atoms with Gasteiger partial charge in [0.1, 0.15) is 11.6 Å². The standard InChI is InChI=1S/C19H21F2NOS/c1-3-14(15-7-5-4-6-8-15)12-22-19(23)13(2)24-18-10-9-16(20)11-17(18)21/h4-11,13-14H,3,12H2,1-2H3,(H,22,23)/t13-,14+/m1/s1. The second-order valence-electron chi connectivity index (χ2n) is 5.60. The van der Waals surface area contributed by atoms with Crippen LogP contribution in [0.15, 0.2) is 53.4 Å². The Bertz CT molecular complexity index is 678. The Balaban J connectivity index is 1.91. The lowest BCUT2D eigenvalue weighted by molar-refractivity contribution is -0.120. The van der Waals surface area contributed by atoms with Gasteiger partial charge >= 0.3 is 0 Å². The first-order valence-corrected chi connectivity index (χ1v) is 8.83. The molecule has 2 aromatic rings. The van der Waals surface area contributed by atoms with Crippen LogP contribution in [0.25, 0.3) is 0 Å². The zero-order chi connectivity index (χ0) is 17.5. The Morgan fingerprint density at radius 3 is 2.50 bits per heavy atom. The number of carbonyl (C=O) groups is 1. The molecule has 0 bridgehead atoms. The molecule has 5 heteroatoms. The van der Waals surface area contributed by atoms with E-state index >= 15 is 0 Å². The summed E-state index contributed by atoms with van der Waals surface area (Å²) in [5.41, 5.74) is 1.19. The first-order chi connectivity index (χ1) is 11.5. The SMILES string of the molecule is CC[C@@H](CNC(=O)[C@@H](C)Sc1ccc(F)cc1F)c1ccccc1. The summed E-state index contributed by atoms with van der Waals surface area (Å²) in [6.45, 7) is 4.33. The van der Waals surface area contributed by atoms with Crippen molar-refractivity contribution in [2.45, 2.75) is 36.3 Å². The van der Waals surface area contributed by atoms with Gasteiger partial charge in [0.2, 0.25) is 5.91 Å². The Morgan fingerprint density at radius 1 is 1.17 bits per heavy atom. The Kier molecular flexibility index (Phi) is 6.79. The Labute approximate surface area is 145 Å². The van der Waals surface area contributed by atoms with Crippen LogP contribution in [0.3, 0.4) is 0 Å². The van der Waals surface area contributed by atoms with E-state index in [-0.39, 0.29) is 16.7 Å². The highest BCUT2D eigenvalue weighted by Gasteiger charge is 2.18. The lowest BCUT2D eigenvalue weighted by atomic mass is 9.96. The smallest absolute Gasteiger partial charge is 0.233 e. The van der Waals surface area contributed by atoms with Gasteiger partial charge in [-0.15, -0.1) is 11.8 Å². The minimum Gasteiger partial charge on any atom is -0.355 e. The number of carbonyl (C=O) groups excluding carboxylic acids is 1. The first kappa shape index (κ1) is 18.5. The van der Waals surface area contributed by atoms with E-state index in [1.165, 1.54) is 17.7 Å². The van der Waals surface area contributed by atoms with Crippen LogP contribution >= 0.6 is 11.8 Å². The Morgan fingerprint density at radius 2 is 1.88 bits per heavy atom. The predicted octanol–water partition coefficient (Wildman–Crippen LogP) is 4.76. The van der Waals surface area contributed by atoms with E-state index in [1.54, 1.807) is 6.92 Å². The number of thioether (sulfide) groups is 1. The first-order valence-electron chi connectivity index (χ1n) is 7.95. The van der Waals surface area contributed by atoms with Crippen molar-refractivity contribution < 1.29 is 13.6 Å². The highest BCUT2D eigenvalue weighted by atomic mass is 32.2. The maximum absolute atomic E-state index is 13.7. The van der Waals surface area contributed by atoms with E-state index in [9.17, 15) is 13.6 Å². The van der Waals surface area contributed by atoms with Gasteiger partial charge in [-0.1, -0.05) is 37.3 Å². The molecule has 2 aromatic carbocycles. The average molecular weight is 349 g/mol. The zero-order valence-corrected chi connectivity index (χ0v) is 14.6. The molecule has 0 spiro atoms. The molecule has 0 heterocycles. The quantitative estimate of drug-likeness (QED) is 0.731. The van der Waals surface area contributed by atoms with E-state index in [2.05, 4.69) is 12.2 Å². The van der Waals surface area contributed by atoms with Crippen molar-refractivity contribution in [3.63, 3.8) is 0 Å². The van der Waals surface area contributed by atoms with Gasteiger partial charge in [0.25, 0.3) is 0 Å². The monoisotopic (exact) mass is 349 g/mol. The fourth-order valence-electron chi connectivity index (χ4n) is 2.41. The molecule has 0 radical (unpaired) electrons. The lowest BCUT2D eigenvalue weighted by Gasteiger charge is -2.18. The van der Waals surface area contributed by atoms with Gasteiger partial charge in [-0.25, -0.2) is 8.78 Å². The molecule has 2 atom stereocenters. The minimum atomic E-state index is -0.643. The van der Waals surface area contributed by atoms with Gasteiger partial charge < -0.3 is 5.32 Å². The number of hydrogen-bond acceptors (Lipinski definition) is 2. The van der Waals surface area contributed by atoms with Crippen LogP contribution in [0, 0.1) is 11.6 Å². The molecule has 0 saturated carbocycles. The molecule has 1 N–H and O–H groups in total. The molecule has 0 aliphatic rings. The molecule has 0 unspecified atom stereocenters. The molecular weight excluding hydrogens is 328 g/mol. The molecule has 2 rings (SSSR count). The molecule has 2 nitrogen and oxygen atoms in total. The number of hydrogen-bond donors (Lipinski definition) is 1. The minimum absolute atomic E-state index is 0.155. The van der Waals surface area contributed by atoms with Crippen LogP contribution in [0.4, 0.5) is 8.78 Å². The normalized spacial score (nSPS) is 13.3. The van der Waals surface area contributed by atoms with Gasteiger partial charge in [-0.2, -0.15) is 0 Å². The van der Waals surface area contributed by atoms with Crippen molar-refractivity contribution in [1.29, 1.82) is 0 Å². The fraction of sp³-hybridized carbons (Fsp3) is 0.316. The molecule has 1 amide bonds. The van der Waals surface area contributed by atoms with Crippen LogP contribution in [0.5, 0.6) is 0 Å². The molecule has 0 saturated heterocycles. The van der Waals surface area contributed by atoms with Crippen molar-refractivity contribution in [3.05, 3.63) is 65.7 Å². The van der Waals surface area contributed by atoms with Crippen molar-refractivity contribution in [2.24, 2.45) is 0 Å². The number of amides is 1. The number of rotatable bonds is 7. The lowest BCUT2D eigenvalue weighted by Crippen LogP contribution is -2.34. The average Bonchev–Trinajstić information content (AvgIpc) is 2.58. The van der Waals surface area contributed by atoms with Crippen molar-refractivity contribution in [1.82, 2.24) is 5.32 Å². The van der Waals surface area contributed by atoms with Gasteiger partial charge in [0.05, 0.1) is 5.25 Å². The van der Waals surface area contributed by atoms with Crippen molar-refractivity contribution >= 4 is 17.7 Å². The molecular formula is C19H21F2NOS. The van der Waals surface area contributed by atoms with Crippen LogP contribution in [-0.4, -0.2) is 17.7 Å². The maximum atomic E-state index is 13.7. The maximum Gasteiger partial charge on any atom is 0.233 e. The topological polar surface area (TPSA) is 29.1 Å². The third-order valence-corrected chi connectivity index (χ3v) is 5.01. The van der Waals surface area contributed by atoms with E-state index in [1.807, 2.05) is 30.3 Å². The number of halogens is 2. The zero-order valence-electron chi connectivity index (χ0n) is 13.8. The largest absolute Gasteiger partial charge is 0.355 e. The summed E-state index contributed by atoms with van der Waals surface area (Å²) < 4.78 is 26.6. The summed E-state index contributed by atoms with van der Waals surface area (Å²) >= 11 is 1.09. The summed E-state index contributed by atoms with van der Waals surface area (Å²) in [6.07, 6.45) is 0.915. The molecule has 0 aliphatic carbocycles. The van der Waals surface area contributed by atoms with E-state index in [0.29, 0.717) is 6.54 Å². The van der Waals surface area contributed by atoms with Gasteiger partial charge in [-0.3, -0.25) is 4.79 Å². The van der Waals surface area contributed by atoms with Gasteiger partial charge in [-0.05, 0) is 31.0 Å². The molecule has 128 valence electrons. The summed E-state index contributed by atoms with van der Waals surface area (Å²) in [7, 11) is 0. The van der Waals surface area contributed by atoms with Crippen LogP contribution in [-0.2, 0) is 4.79 Å². The predicted molar refractivity (Wildman–Crippen MR) is 94.2 cm³/mol. The molecule has 24 heavy (non-hydrogen) atoms. The van der Waals surface area contributed by atoms with Gasteiger partial charge in [0, 0.05) is 23.4 Å². The van der Waals surface area contributed by atoms with Crippen molar-refractivity contribution in [2.75, 3.05) is 6.54 Å². The third-order valence-electron chi connectivity index (χ3n) is 3.85. The molecule has 0 fully saturated rings. The van der Waals surface area contributed by atoms with Crippen LogP contribution in [0.2, 0.25) is 0 Å². The molecule has 0 aromatic heterocycles. The summed E-state index contributed by atoms with van der Waals surface area (Å²) in [5, 5.41) is 2.47. The fourth-order valence-corrected chi connectivity index (χ4v) is 3.29. The summed E-state index contributed by atoms with van der Waals surface area (Å²) in [4.78, 5) is 12.5. The van der Waals surface area contributed by atoms with Gasteiger partial charge in [0.15, 0.2) is 0 Å². The van der Waals surface area contributed by atoms with E-state index in [4.69, 9.17) is 0 Å². The van der Waals surface area contributed by atoms with E-state index < -0.39 is 16.9 Å². The second kappa shape index (κ2) is 8.83. The van der Waals surface area contributed by atoms with Crippen LogP contribution in [0.1, 0.15) is 31.7 Å². The second-order valence-corrected chi connectivity index (χ2v) is 6.98. The van der Waals surface area contributed by atoms with Crippen LogP contribution < -0.4 is 5.32 Å². The highest BCUT2D eigenvalue weighted by molar-refractivity contribution is 8.00. The summed E-state index contributed by atoms with van der Waals surface area (Å²) in [5.74, 6) is -1.18. The molecule has 0 aliphatic heterocycles. The highest BCUT2D eigenvalue weighted by Crippen LogP contribution is 2.27. The summed E-state index contributed by atoms with van der Waals surface area (Å²) in [6, 6.07) is 13.4. The number of nitrogens with one attached hydrogen (secondary N) is 1. The Hall–Kier alpha value is -1.88. The van der Waals surface area contributed by atoms with E-state index in [0.717, 1.165) is 24.2 Å². The number of benzene rings is 2.